The van der Waals surface area contributed by atoms with Crippen LogP contribution >= 0.6 is 24.2 Å². The van der Waals surface area contributed by atoms with E-state index in [0.717, 1.165) is 16.4 Å². The molecule has 0 aliphatic carbocycles. The molecule has 0 saturated carbocycles. The summed E-state index contributed by atoms with van der Waals surface area (Å²) in [5, 5.41) is 5.06. The van der Waals surface area contributed by atoms with Gasteiger partial charge in [0.15, 0.2) is 16.7 Å². The number of benzene rings is 1. The molecule has 0 spiro atoms. The van der Waals surface area contributed by atoms with E-state index in [1.54, 1.807) is 23.9 Å². The van der Waals surface area contributed by atoms with Crippen molar-refractivity contribution < 1.29 is 9.13 Å². The van der Waals surface area contributed by atoms with E-state index in [0.29, 0.717) is 5.75 Å². The van der Waals surface area contributed by atoms with E-state index in [9.17, 15) is 4.39 Å². The predicted octanol–water partition coefficient (Wildman–Crippen LogP) is 3.45. The molecule has 4 nitrogen and oxygen atoms in total. The Morgan fingerprint density at radius 1 is 1.38 bits per heavy atom. The summed E-state index contributed by atoms with van der Waals surface area (Å²) in [7, 11) is 1.45. The third-order valence-electron chi connectivity index (χ3n) is 2.55. The van der Waals surface area contributed by atoms with Crippen molar-refractivity contribution in [3.63, 3.8) is 0 Å². The van der Waals surface area contributed by atoms with Crippen LogP contribution in [0.3, 0.4) is 0 Å². The highest BCUT2D eigenvalue weighted by molar-refractivity contribution is 8.14. The number of halogens is 2. The first-order valence-corrected chi connectivity index (χ1v) is 7.27. The average molecular weight is 332 g/mol. The van der Waals surface area contributed by atoms with Gasteiger partial charge >= 0.3 is 0 Å². The minimum absolute atomic E-state index is 0. The zero-order chi connectivity index (χ0) is 14.8. The van der Waals surface area contributed by atoms with Crippen LogP contribution in [0.15, 0.2) is 28.3 Å². The van der Waals surface area contributed by atoms with Gasteiger partial charge in [-0.15, -0.1) is 12.4 Å². The van der Waals surface area contributed by atoms with Gasteiger partial charge in [-0.25, -0.2) is 4.39 Å². The lowest BCUT2D eigenvalue weighted by molar-refractivity contribution is 0.386. The second-order valence-electron chi connectivity index (χ2n) is 5.40. The Kier molecular flexibility index (Phi) is 6.04. The molecule has 1 aromatic rings. The molecular formula is C14H19ClFN3OS. The molecule has 0 unspecified atom stereocenters. The topological polar surface area (TPSA) is 46.0 Å². The number of nitrogens with one attached hydrogen (secondary N) is 1. The van der Waals surface area contributed by atoms with E-state index in [-0.39, 0.29) is 29.5 Å². The van der Waals surface area contributed by atoms with Crippen LogP contribution in [0.1, 0.15) is 26.3 Å². The second kappa shape index (κ2) is 7.13. The maximum absolute atomic E-state index is 13.7. The Balaban J connectivity index is 0.00000220. The quantitative estimate of drug-likeness (QED) is 0.902. The van der Waals surface area contributed by atoms with Crippen molar-refractivity contribution in [2.24, 2.45) is 10.1 Å². The first-order valence-electron chi connectivity index (χ1n) is 6.28. The van der Waals surface area contributed by atoms with Gasteiger partial charge in [-0.2, -0.15) is 5.10 Å². The van der Waals surface area contributed by atoms with Crippen LogP contribution in [0.2, 0.25) is 0 Å². The van der Waals surface area contributed by atoms with E-state index < -0.39 is 0 Å². The molecule has 7 heteroatoms. The van der Waals surface area contributed by atoms with Crippen LogP contribution in [0, 0.1) is 5.82 Å². The summed E-state index contributed by atoms with van der Waals surface area (Å²) in [5.74, 6) is 0.515. The summed E-state index contributed by atoms with van der Waals surface area (Å²) in [4.78, 5) is 4.51. The van der Waals surface area contributed by atoms with Crippen molar-refractivity contribution in [3.8, 4) is 5.75 Å². The number of nitrogens with zero attached hydrogens (tertiary/aromatic N) is 2. The fraction of sp³-hybridized carbons (Fsp3) is 0.429. The Labute approximate surface area is 134 Å². The van der Waals surface area contributed by atoms with Crippen LogP contribution < -0.4 is 10.2 Å². The molecule has 1 aliphatic heterocycles. The molecule has 0 radical (unpaired) electrons. The monoisotopic (exact) mass is 331 g/mol. The highest BCUT2D eigenvalue weighted by Crippen LogP contribution is 2.21. The lowest BCUT2D eigenvalue weighted by Crippen LogP contribution is -2.28. The first kappa shape index (κ1) is 17.8. The molecule has 0 saturated heterocycles. The minimum Gasteiger partial charge on any atom is -0.494 e. The van der Waals surface area contributed by atoms with Crippen molar-refractivity contribution >= 4 is 35.0 Å². The van der Waals surface area contributed by atoms with E-state index in [1.165, 1.54) is 13.2 Å². The SMILES string of the molecule is COc1ccc(C2=NNC(=NC(C)(C)C)SC2)cc1F.Cl. The van der Waals surface area contributed by atoms with Gasteiger partial charge in [0.05, 0.1) is 18.4 Å². The maximum atomic E-state index is 13.7. The van der Waals surface area contributed by atoms with Gasteiger partial charge in [0, 0.05) is 11.3 Å². The molecule has 1 N–H and O–H groups in total. The van der Waals surface area contributed by atoms with Crippen molar-refractivity contribution in [3.05, 3.63) is 29.6 Å². The number of hydrogen-bond donors (Lipinski definition) is 1. The molecule has 0 amide bonds. The molecule has 21 heavy (non-hydrogen) atoms. The molecule has 0 aromatic heterocycles. The minimum atomic E-state index is -0.383. The second-order valence-corrected chi connectivity index (χ2v) is 6.36. The number of methoxy groups -OCH3 is 1. The highest BCUT2D eigenvalue weighted by Gasteiger charge is 2.17. The molecule has 0 fully saturated rings. The van der Waals surface area contributed by atoms with Gasteiger partial charge in [0.25, 0.3) is 0 Å². The first-order chi connectivity index (χ1) is 9.39. The lowest BCUT2D eigenvalue weighted by Gasteiger charge is -2.19. The van der Waals surface area contributed by atoms with Crippen molar-refractivity contribution in [1.82, 2.24) is 5.43 Å². The molecule has 116 valence electrons. The van der Waals surface area contributed by atoms with Crippen LogP contribution in [0.5, 0.6) is 5.75 Å². The zero-order valence-corrected chi connectivity index (χ0v) is 14.1. The molecule has 0 bridgehead atoms. The summed E-state index contributed by atoms with van der Waals surface area (Å²) < 4.78 is 18.6. The fourth-order valence-corrected chi connectivity index (χ4v) is 2.63. The molecular weight excluding hydrogens is 313 g/mol. The summed E-state index contributed by atoms with van der Waals surface area (Å²) in [5.41, 5.74) is 4.32. The molecule has 1 heterocycles. The van der Waals surface area contributed by atoms with Gasteiger partial charge in [0.2, 0.25) is 0 Å². The van der Waals surface area contributed by atoms with Gasteiger partial charge in [-0.1, -0.05) is 11.8 Å². The van der Waals surface area contributed by atoms with Crippen molar-refractivity contribution in [1.29, 1.82) is 0 Å². The number of hydrazone groups is 1. The molecule has 0 atom stereocenters. The number of thioether (sulfide) groups is 1. The molecule has 2 rings (SSSR count). The van der Waals surface area contributed by atoms with Crippen molar-refractivity contribution in [2.75, 3.05) is 12.9 Å². The smallest absolute Gasteiger partial charge is 0.178 e. The average Bonchev–Trinajstić information content (AvgIpc) is 2.37. The largest absolute Gasteiger partial charge is 0.494 e. The Hall–Kier alpha value is -1.27. The number of hydrogen-bond acceptors (Lipinski definition) is 4. The summed E-state index contributed by atoms with van der Waals surface area (Å²) in [6.07, 6.45) is 0. The lowest BCUT2D eigenvalue weighted by atomic mass is 10.1. The van der Waals surface area contributed by atoms with Gasteiger partial charge in [-0.05, 0) is 39.0 Å². The Morgan fingerprint density at radius 2 is 2.10 bits per heavy atom. The molecule has 1 aromatic carbocycles. The standard InChI is InChI=1S/C14H18FN3OS.ClH/c1-14(2,3)16-13-18-17-11(8-20-13)9-5-6-12(19-4)10(15)7-9;/h5-7H,8H2,1-4H3,(H,16,18);1H. The van der Waals surface area contributed by atoms with E-state index in [4.69, 9.17) is 4.74 Å². The Morgan fingerprint density at radius 3 is 2.57 bits per heavy atom. The van der Waals surface area contributed by atoms with Crippen LogP contribution in [0.4, 0.5) is 4.39 Å². The fourth-order valence-electron chi connectivity index (χ4n) is 1.67. The third kappa shape index (κ3) is 4.89. The van der Waals surface area contributed by atoms with Crippen LogP contribution in [0.25, 0.3) is 0 Å². The van der Waals surface area contributed by atoms with Gasteiger partial charge in [0.1, 0.15) is 0 Å². The van der Waals surface area contributed by atoms with Crippen LogP contribution in [-0.4, -0.2) is 29.3 Å². The van der Waals surface area contributed by atoms with E-state index >= 15 is 0 Å². The zero-order valence-electron chi connectivity index (χ0n) is 12.4. The Bertz CT molecular complexity index is 570. The van der Waals surface area contributed by atoms with Gasteiger partial charge in [-0.3, -0.25) is 10.4 Å². The number of amidine groups is 1. The van der Waals surface area contributed by atoms with E-state index in [1.807, 2.05) is 20.8 Å². The number of rotatable bonds is 2. The predicted molar refractivity (Wildman–Crippen MR) is 89.5 cm³/mol. The summed E-state index contributed by atoms with van der Waals surface area (Å²) in [6, 6.07) is 4.84. The van der Waals surface area contributed by atoms with Crippen LogP contribution in [-0.2, 0) is 0 Å². The molecule has 1 aliphatic rings. The summed E-state index contributed by atoms with van der Waals surface area (Å²) >= 11 is 1.56. The van der Waals surface area contributed by atoms with Gasteiger partial charge < -0.3 is 4.74 Å². The normalized spacial score (nSPS) is 16.8. The number of aliphatic imine (C=N–C) groups is 1. The van der Waals surface area contributed by atoms with Crippen molar-refractivity contribution in [2.45, 2.75) is 26.3 Å². The van der Waals surface area contributed by atoms with E-state index in [2.05, 4.69) is 15.5 Å². The maximum Gasteiger partial charge on any atom is 0.178 e. The summed E-state index contributed by atoms with van der Waals surface area (Å²) in [6.45, 7) is 6.08. The highest BCUT2D eigenvalue weighted by atomic mass is 35.5. The third-order valence-corrected chi connectivity index (χ3v) is 3.43. The number of ether oxygens (including phenoxy) is 1.